The number of hydrogen-bond acceptors (Lipinski definition) is 5. The van der Waals surface area contributed by atoms with Crippen molar-refractivity contribution in [1.82, 2.24) is 4.72 Å². The molecule has 0 spiro atoms. The summed E-state index contributed by atoms with van der Waals surface area (Å²) in [6.45, 7) is 1.65. The van der Waals surface area contributed by atoms with E-state index in [1.807, 2.05) is 6.07 Å². The first-order valence-corrected chi connectivity index (χ1v) is 7.09. The first-order chi connectivity index (χ1) is 8.84. The molecule has 0 aromatic heterocycles. The normalized spacial score (nSPS) is 12.6. The molecule has 19 heavy (non-hydrogen) atoms. The van der Waals surface area contributed by atoms with Crippen molar-refractivity contribution < 1.29 is 13.3 Å². The van der Waals surface area contributed by atoms with Crippen LogP contribution in [0.5, 0.6) is 0 Å². The van der Waals surface area contributed by atoms with Gasteiger partial charge in [0.25, 0.3) is 5.69 Å². The van der Waals surface area contributed by atoms with Crippen LogP contribution in [0.3, 0.4) is 0 Å². The predicted molar refractivity (Wildman–Crippen MR) is 68.5 cm³/mol. The van der Waals surface area contributed by atoms with E-state index in [0.29, 0.717) is 5.56 Å². The lowest BCUT2D eigenvalue weighted by Gasteiger charge is -2.07. The van der Waals surface area contributed by atoms with Gasteiger partial charge in [-0.2, -0.15) is 5.26 Å². The number of nitriles is 1. The third-order valence-corrected chi connectivity index (χ3v) is 3.65. The van der Waals surface area contributed by atoms with Crippen molar-refractivity contribution in [2.24, 2.45) is 5.92 Å². The number of rotatable bonds is 6. The number of hydrogen-bond donors (Lipinski definition) is 1. The number of non-ortho nitro benzene ring substituents is 1. The van der Waals surface area contributed by atoms with Crippen LogP contribution in [-0.2, 0) is 15.8 Å². The maximum absolute atomic E-state index is 11.7. The van der Waals surface area contributed by atoms with Gasteiger partial charge in [-0.25, -0.2) is 13.1 Å². The van der Waals surface area contributed by atoms with Crippen LogP contribution in [0.2, 0.25) is 0 Å². The second-order valence-corrected chi connectivity index (χ2v) is 5.87. The Labute approximate surface area is 111 Å². The van der Waals surface area contributed by atoms with E-state index in [9.17, 15) is 18.5 Å². The molecule has 1 unspecified atom stereocenters. The maximum Gasteiger partial charge on any atom is 0.269 e. The third kappa shape index (κ3) is 5.03. The van der Waals surface area contributed by atoms with Gasteiger partial charge in [0.1, 0.15) is 0 Å². The summed E-state index contributed by atoms with van der Waals surface area (Å²) in [5.41, 5.74) is 0.356. The van der Waals surface area contributed by atoms with Crippen LogP contribution >= 0.6 is 0 Å². The zero-order valence-electron chi connectivity index (χ0n) is 10.2. The molecule has 7 nitrogen and oxygen atoms in total. The van der Waals surface area contributed by atoms with E-state index >= 15 is 0 Å². The molecule has 0 fully saturated rings. The monoisotopic (exact) mass is 283 g/mol. The van der Waals surface area contributed by atoms with Gasteiger partial charge in [0.05, 0.1) is 22.7 Å². The van der Waals surface area contributed by atoms with E-state index in [-0.39, 0.29) is 18.0 Å². The van der Waals surface area contributed by atoms with Crippen LogP contribution in [-0.4, -0.2) is 19.9 Å². The lowest BCUT2D eigenvalue weighted by atomic mass is 10.2. The highest BCUT2D eigenvalue weighted by atomic mass is 32.2. The van der Waals surface area contributed by atoms with Gasteiger partial charge in [-0.3, -0.25) is 10.1 Å². The van der Waals surface area contributed by atoms with Gasteiger partial charge in [-0.1, -0.05) is 12.1 Å². The van der Waals surface area contributed by atoms with Crippen molar-refractivity contribution in [3.05, 3.63) is 39.9 Å². The first kappa shape index (κ1) is 15.1. The van der Waals surface area contributed by atoms with Crippen molar-refractivity contribution in [2.75, 3.05) is 6.54 Å². The quantitative estimate of drug-likeness (QED) is 0.622. The number of nitro groups is 1. The molecule has 1 N–H and O–H groups in total. The van der Waals surface area contributed by atoms with E-state index in [1.165, 1.54) is 24.3 Å². The molecule has 0 bridgehead atoms. The molecule has 8 heteroatoms. The highest BCUT2D eigenvalue weighted by molar-refractivity contribution is 7.88. The van der Waals surface area contributed by atoms with Gasteiger partial charge < -0.3 is 0 Å². The van der Waals surface area contributed by atoms with Gasteiger partial charge in [0.15, 0.2) is 0 Å². The summed E-state index contributed by atoms with van der Waals surface area (Å²) in [5.74, 6) is -0.685. The Hall–Kier alpha value is -1.98. The fourth-order valence-electron chi connectivity index (χ4n) is 1.28. The minimum absolute atomic E-state index is 0.0474. The standard InChI is InChI=1S/C11H13N3O4S/c1-9(6-12)7-13-19(17,18)8-10-2-4-11(5-3-10)14(15)16/h2-5,9,13H,7-8H2,1H3. The van der Waals surface area contributed by atoms with E-state index in [0.717, 1.165) is 0 Å². The van der Waals surface area contributed by atoms with Crippen molar-refractivity contribution in [3.63, 3.8) is 0 Å². The summed E-state index contributed by atoms with van der Waals surface area (Å²) < 4.78 is 25.7. The zero-order chi connectivity index (χ0) is 14.5. The molecular weight excluding hydrogens is 270 g/mol. The Morgan fingerprint density at radius 2 is 2.00 bits per heavy atom. The van der Waals surface area contributed by atoms with Crippen LogP contribution in [0.1, 0.15) is 12.5 Å². The molecule has 1 atom stereocenters. The van der Waals surface area contributed by atoms with Crippen molar-refractivity contribution in [1.29, 1.82) is 5.26 Å². The molecule has 0 radical (unpaired) electrons. The molecule has 0 aliphatic rings. The van der Waals surface area contributed by atoms with Crippen molar-refractivity contribution in [3.8, 4) is 6.07 Å². The highest BCUT2D eigenvalue weighted by Crippen LogP contribution is 2.13. The second kappa shape index (κ2) is 6.26. The Kier molecular flexibility index (Phi) is 4.97. The molecule has 0 heterocycles. The third-order valence-electron chi connectivity index (χ3n) is 2.33. The van der Waals surface area contributed by atoms with Gasteiger partial charge in [-0.05, 0) is 12.5 Å². The van der Waals surface area contributed by atoms with Crippen molar-refractivity contribution >= 4 is 15.7 Å². The fraction of sp³-hybridized carbons (Fsp3) is 0.364. The minimum Gasteiger partial charge on any atom is -0.258 e. The average molecular weight is 283 g/mol. The van der Waals surface area contributed by atoms with E-state index < -0.39 is 20.9 Å². The number of benzene rings is 1. The summed E-state index contributed by atoms with van der Waals surface area (Å²) in [6, 6.07) is 7.21. The van der Waals surface area contributed by atoms with Crippen LogP contribution in [0, 0.1) is 27.4 Å². The predicted octanol–water partition coefficient (Wildman–Crippen LogP) is 1.17. The summed E-state index contributed by atoms with van der Waals surface area (Å²) in [6.07, 6.45) is 0. The second-order valence-electron chi connectivity index (χ2n) is 4.06. The zero-order valence-corrected chi connectivity index (χ0v) is 11.1. The molecule has 0 aliphatic carbocycles. The summed E-state index contributed by atoms with van der Waals surface area (Å²) in [7, 11) is -3.54. The Morgan fingerprint density at radius 1 is 1.42 bits per heavy atom. The van der Waals surface area contributed by atoms with Crippen LogP contribution in [0.25, 0.3) is 0 Å². The lowest BCUT2D eigenvalue weighted by molar-refractivity contribution is -0.384. The van der Waals surface area contributed by atoms with Gasteiger partial charge >= 0.3 is 0 Å². The Bertz CT molecular complexity index is 589. The van der Waals surface area contributed by atoms with Gasteiger partial charge in [0.2, 0.25) is 10.0 Å². The Balaban J connectivity index is 2.68. The molecule has 0 saturated carbocycles. The number of nitro benzene ring substituents is 1. The number of nitrogens with one attached hydrogen (secondary N) is 1. The summed E-state index contributed by atoms with van der Waals surface area (Å²) in [5, 5.41) is 19.0. The first-order valence-electron chi connectivity index (χ1n) is 5.44. The molecule has 1 aromatic rings. The van der Waals surface area contributed by atoms with Crippen LogP contribution in [0.4, 0.5) is 5.69 Å². The van der Waals surface area contributed by atoms with E-state index in [2.05, 4.69) is 4.72 Å². The van der Waals surface area contributed by atoms with Crippen molar-refractivity contribution in [2.45, 2.75) is 12.7 Å². The van der Waals surface area contributed by atoms with E-state index in [1.54, 1.807) is 6.92 Å². The number of sulfonamides is 1. The lowest BCUT2D eigenvalue weighted by Crippen LogP contribution is -2.29. The molecular formula is C11H13N3O4S. The fourth-order valence-corrected chi connectivity index (χ4v) is 2.52. The highest BCUT2D eigenvalue weighted by Gasteiger charge is 2.14. The van der Waals surface area contributed by atoms with Crippen LogP contribution in [0.15, 0.2) is 24.3 Å². The molecule has 0 amide bonds. The summed E-state index contributed by atoms with van der Waals surface area (Å²) >= 11 is 0. The molecule has 1 rings (SSSR count). The topological polar surface area (TPSA) is 113 Å². The molecule has 102 valence electrons. The van der Waals surface area contributed by atoms with Gasteiger partial charge in [0, 0.05) is 18.7 Å². The molecule has 0 saturated heterocycles. The molecule has 0 aliphatic heterocycles. The summed E-state index contributed by atoms with van der Waals surface area (Å²) in [4.78, 5) is 9.90. The Morgan fingerprint density at radius 3 is 2.47 bits per heavy atom. The average Bonchev–Trinajstić information content (AvgIpc) is 2.36. The van der Waals surface area contributed by atoms with Gasteiger partial charge in [-0.15, -0.1) is 0 Å². The molecule has 1 aromatic carbocycles. The van der Waals surface area contributed by atoms with E-state index in [4.69, 9.17) is 5.26 Å². The maximum atomic E-state index is 11.7. The number of nitrogens with zero attached hydrogens (tertiary/aromatic N) is 2. The van der Waals surface area contributed by atoms with Crippen LogP contribution < -0.4 is 4.72 Å². The SMILES string of the molecule is CC(C#N)CNS(=O)(=O)Cc1ccc([N+](=O)[O-])cc1. The largest absolute Gasteiger partial charge is 0.269 e. The minimum atomic E-state index is -3.54. The smallest absolute Gasteiger partial charge is 0.258 e.